The van der Waals surface area contributed by atoms with Crippen molar-refractivity contribution in [1.29, 1.82) is 0 Å². The molecule has 0 spiro atoms. The van der Waals surface area contributed by atoms with Crippen molar-refractivity contribution in [1.82, 2.24) is 0 Å². The monoisotopic (exact) mass is 236 g/mol. The minimum Gasteiger partial charge on any atom is -0.490 e. The van der Waals surface area contributed by atoms with Gasteiger partial charge in [-0.3, -0.25) is 0 Å². The minimum atomic E-state index is -0.822. The van der Waals surface area contributed by atoms with Gasteiger partial charge in [-0.1, -0.05) is 25.5 Å². The average molecular weight is 236 g/mol. The highest BCUT2D eigenvalue weighted by Gasteiger charge is 2.24. The van der Waals surface area contributed by atoms with E-state index in [4.69, 9.17) is 4.74 Å². The highest BCUT2D eigenvalue weighted by molar-refractivity contribution is 5.30. The lowest BCUT2D eigenvalue weighted by Crippen LogP contribution is -2.17. The molecule has 3 heteroatoms. The molecular weight excluding hydrogens is 216 g/mol. The molecule has 17 heavy (non-hydrogen) atoms. The first-order valence-electron chi connectivity index (χ1n) is 6.33. The highest BCUT2D eigenvalue weighted by atomic mass is 16.5. The predicted molar refractivity (Wildman–Crippen MR) is 66.0 cm³/mol. The Kier molecular flexibility index (Phi) is 4.02. The molecule has 0 aromatic heterocycles. The maximum Gasteiger partial charge on any atom is 0.120 e. The van der Waals surface area contributed by atoms with Crippen LogP contribution in [-0.4, -0.2) is 22.4 Å². The third-order valence-electron chi connectivity index (χ3n) is 2.98. The number of rotatable bonds is 6. The molecule has 0 saturated heterocycles. The van der Waals surface area contributed by atoms with Crippen LogP contribution in [0.5, 0.6) is 5.75 Å². The van der Waals surface area contributed by atoms with E-state index in [2.05, 4.69) is 0 Å². The fraction of sp³-hybridized carbons (Fsp3) is 0.571. The molecule has 2 rings (SSSR count). The van der Waals surface area contributed by atoms with E-state index in [0.29, 0.717) is 12.5 Å². The van der Waals surface area contributed by atoms with Crippen molar-refractivity contribution in [3.63, 3.8) is 0 Å². The Morgan fingerprint density at radius 1 is 1.35 bits per heavy atom. The molecule has 0 bridgehead atoms. The zero-order valence-electron chi connectivity index (χ0n) is 10.2. The van der Waals surface area contributed by atoms with Gasteiger partial charge in [-0.15, -0.1) is 0 Å². The topological polar surface area (TPSA) is 49.7 Å². The number of aliphatic hydroxyl groups excluding tert-OH is 2. The van der Waals surface area contributed by atoms with Crippen molar-refractivity contribution < 1.29 is 14.9 Å². The number of aliphatic hydroxyl groups is 2. The van der Waals surface area contributed by atoms with Crippen LogP contribution in [0.25, 0.3) is 0 Å². The van der Waals surface area contributed by atoms with Gasteiger partial charge >= 0.3 is 0 Å². The summed E-state index contributed by atoms with van der Waals surface area (Å²) in [4.78, 5) is 0. The molecule has 0 aliphatic heterocycles. The zero-order chi connectivity index (χ0) is 12.3. The molecule has 2 unspecified atom stereocenters. The Bertz CT molecular complexity index is 360. The molecule has 0 heterocycles. The van der Waals surface area contributed by atoms with Gasteiger partial charge < -0.3 is 14.9 Å². The van der Waals surface area contributed by atoms with Crippen molar-refractivity contribution in [3.05, 3.63) is 29.8 Å². The molecule has 1 aromatic carbocycles. The molecule has 2 N–H and O–H groups in total. The molecule has 1 aliphatic carbocycles. The van der Waals surface area contributed by atoms with Gasteiger partial charge in [-0.25, -0.2) is 0 Å². The smallest absolute Gasteiger partial charge is 0.120 e. The third kappa shape index (κ3) is 3.45. The van der Waals surface area contributed by atoms with Crippen LogP contribution in [0.4, 0.5) is 0 Å². The summed E-state index contributed by atoms with van der Waals surface area (Å²) in [5, 5.41) is 19.8. The molecule has 1 fully saturated rings. The molecule has 0 amide bonds. The Labute approximate surface area is 102 Å². The molecule has 2 atom stereocenters. The second-order valence-electron chi connectivity index (χ2n) is 4.69. The Balaban J connectivity index is 2.03. The summed E-state index contributed by atoms with van der Waals surface area (Å²) in [6.07, 6.45) is 2.53. The van der Waals surface area contributed by atoms with Crippen molar-refractivity contribution >= 4 is 0 Å². The van der Waals surface area contributed by atoms with E-state index in [1.807, 2.05) is 31.2 Å². The van der Waals surface area contributed by atoms with Crippen molar-refractivity contribution in [2.24, 2.45) is 0 Å². The van der Waals surface area contributed by atoms with Crippen molar-refractivity contribution in [2.45, 2.75) is 50.9 Å². The summed E-state index contributed by atoms with van der Waals surface area (Å²) in [5.74, 6) is 0.785. The lowest BCUT2D eigenvalue weighted by molar-refractivity contribution is 0.0130. The summed E-state index contributed by atoms with van der Waals surface area (Å²) < 4.78 is 5.66. The summed E-state index contributed by atoms with van der Waals surface area (Å²) in [5.41, 5.74) is 0.726. The number of hydrogen-bond donors (Lipinski definition) is 2. The lowest BCUT2D eigenvalue weighted by atomic mass is 10.0. The second-order valence-corrected chi connectivity index (χ2v) is 4.69. The second kappa shape index (κ2) is 5.52. The van der Waals surface area contributed by atoms with Gasteiger partial charge in [0.25, 0.3) is 0 Å². The molecule has 94 valence electrons. The Hall–Kier alpha value is -1.06. The standard InChI is InChI=1S/C14H20O3/c1-2-4-13(15)14(16)10-5-3-6-12(9-10)17-11-7-8-11/h3,5-6,9,11,13-16H,2,4,7-8H2,1H3. The fourth-order valence-corrected chi connectivity index (χ4v) is 1.83. The van der Waals surface area contributed by atoms with Crippen LogP contribution in [0.1, 0.15) is 44.3 Å². The summed E-state index contributed by atoms with van der Waals surface area (Å²) in [6.45, 7) is 1.99. The predicted octanol–water partition coefficient (Wildman–Crippen LogP) is 2.42. The Morgan fingerprint density at radius 3 is 2.76 bits per heavy atom. The van der Waals surface area contributed by atoms with Crippen LogP contribution in [0.3, 0.4) is 0 Å². The molecule has 1 aromatic rings. The average Bonchev–Trinajstić information content (AvgIpc) is 3.12. The van der Waals surface area contributed by atoms with E-state index >= 15 is 0 Å². The normalized spacial score (nSPS) is 18.8. The molecule has 3 nitrogen and oxygen atoms in total. The molecule has 0 radical (unpaired) electrons. The molecular formula is C14H20O3. The molecule has 1 aliphatic rings. The minimum absolute atomic E-state index is 0.350. The quantitative estimate of drug-likeness (QED) is 0.797. The maximum absolute atomic E-state index is 9.99. The lowest BCUT2D eigenvalue weighted by Gasteiger charge is -2.18. The number of benzene rings is 1. The van der Waals surface area contributed by atoms with E-state index < -0.39 is 12.2 Å². The van der Waals surface area contributed by atoms with E-state index in [1.54, 1.807) is 0 Å². The van der Waals surface area contributed by atoms with Crippen LogP contribution >= 0.6 is 0 Å². The van der Waals surface area contributed by atoms with Gasteiger partial charge in [0.1, 0.15) is 11.9 Å². The summed E-state index contributed by atoms with van der Waals surface area (Å²) in [7, 11) is 0. The van der Waals surface area contributed by atoms with Crippen LogP contribution in [0.2, 0.25) is 0 Å². The van der Waals surface area contributed by atoms with Crippen LogP contribution < -0.4 is 4.74 Å². The van der Waals surface area contributed by atoms with Crippen molar-refractivity contribution in [3.8, 4) is 5.75 Å². The van der Waals surface area contributed by atoms with Gasteiger partial charge in [0, 0.05) is 0 Å². The van der Waals surface area contributed by atoms with Gasteiger partial charge in [-0.05, 0) is 37.0 Å². The third-order valence-corrected chi connectivity index (χ3v) is 2.98. The Morgan fingerprint density at radius 2 is 2.12 bits per heavy atom. The first kappa shape index (κ1) is 12.4. The number of hydrogen-bond acceptors (Lipinski definition) is 3. The molecule has 1 saturated carbocycles. The van der Waals surface area contributed by atoms with E-state index in [9.17, 15) is 10.2 Å². The van der Waals surface area contributed by atoms with Gasteiger partial charge in [0.05, 0.1) is 12.2 Å². The van der Waals surface area contributed by atoms with Gasteiger partial charge in [-0.2, -0.15) is 0 Å². The summed E-state index contributed by atoms with van der Waals surface area (Å²) >= 11 is 0. The zero-order valence-corrected chi connectivity index (χ0v) is 10.2. The first-order valence-corrected chi connectivity index (χ1v) is 6.33. The van der Waals surface area contributed by atoms with Crippen molar-refractivity contribution in [2.75, 3.05) is 0 Å². The largest absolute Gasteiger partial charge is 0.490 e. The summed E-state index contributed by atoms with van der Waals surface area (Å²) in [6, 6.07) is 7.39. The van der Waals surface area contributed by atoms with Gasteiger partial charge in [0.15, 0.2) is 0 Å². The van der Waals surface area contributed by atoms with Crippen LogP contribution in [0.15, 0.2) is 24.3 Å². The fourth-order valence-electron chi connectivity index (χ4n) is 1.83. The van der Waals surface area contributed by atoms with E-state index in [0.717, 1.165) is 30.6 Å². The van der Waals surface area contributed by atoms with Crippen LogP contribution in [0, 0.1) is 0 Å². The van der Waals surface area contributed by atoms with Gasteiger partial charge in [0.2, 0.25) is 0 Å². The maximum atomic E-state index is 9.99. The highest BCUT2D eigenvalue weighted by Crippen LogP contribution is 2.29. The SMILES string of the molecule is CCCC(O)C(O)c1cccc(OC2CC2)c1. The number of ether oxygens (including phenoxy) is 1. The first-order chi connectivity index (χ1) is 8.20. The van der Waals surface area contributed by atoms with E-state index in [-0.39, 0.29) is 0 Å². The van der Waals surface area contributed by atoms with E-state index in [1.165, 1.54) is 0 Å². The van der Waals surface area contributed by atoms with Crippen LogP contribution in [-0.2, 0) is 0 Å².